The number of hydrogen-bond acceptors (Lipinski definition) is 5. The Morgan fingerprint density at radius 2 is 2.20 bits per heavy atom. The number of rotatable bonds is 2. The van der Waals surface area contributed by atoms with Gasteiger partial charge in [0.2, 0.25) is 0 Å². The molecule has 1 aromatic carbocycles. The zero-order valence-corrected chi connectivity index (χ0v) is 12.8. The number of anilines is 2. The van der Waals surface area contributed by atoms with Gasteiger partial charge in [-0.05, 0) is 34.1 Å². The third-order valence-corrected chi connectivity index (χ3v) is 4.95. The average molecular weight is 354 g/mol. The molecule has 104 valence electrons. The molecule has 5 nitrogen and oxygen atoms in total. The maximum Gasteiger partial charge on any atom is 0.173 e. The number of aromatic nitrogens is 1. The van der Waals surface area contributed by atoms with E-state index in [1.807, 2.05) is 12.1 Å². The van der Waals surface area contributed by atoms with E-state index in [0.717, 1.165) is 21.1 Å². The van der Waals surface area contributed by atoms with E-state index in [1.54, 1.807) is 18.3 Å². The van der Waals surface area contributed by atoms with E-state index in [2.05, 4.69) is 26.2 Å². The first-order valence-corrected chi connectivity index (χ1v) is 8.47. The Hall–Kier alpha value is -1.60. The van der Waals surface area contributed by atoms with Crippen molar-refractivity contribution in [2.24, 2.45) is 0 Å². The van der Waals surface area contributed by atoms with E-state index >= 15 is 0 Å². The Balaban J connectivity index is 2.01. The molecule has 1 unspecified atom stereocenters. The number of nitrogens with zero attached hydrogens (tertiary/aromatic N) is 1. The Kier molecular flexibility index (Phi) is 3.18. The molecular weight excluding hydrogens is 342 g/mol. The second-order valence-corrected chi connectivity index (χ2v) is 7.51. The molecule has 0 spiro atoms. The molecule has 1 atom stereocenters. The van der Waals surface area contributed by atoms with Gasteiger partial charge >= 0.3 is 0 Å². The van der Waals surface area contributed by atoms with Crippen molar-refractivity contribution in [1.29, 1.82) is 0 Å². The molecule has 0 saturated carbocycles. The molecular formula is C13H12BrN3O2S. The van der Waals surface area contributed by atoms with Crippen molar-refractivity contribution < 1.29 is 8.42 Å². The smallest absolute Gasteiger partial charge is 0.173 e. The topological polar surface area (TPSA) is 85.1 Å². The highest BCUT2D eigenvalue weighted by Crippen LogP contribution is 2.29. The number of sulfone groups is 1. The van der Waals surface area contributed by atoms with E-state index < -0.39 is 9.84 Å². The number of pyridine rings is 1. The standard InChI is InChI=1S/C13H12BrN3O2S/c14-8-5-10-11(15)1-2-12(13(10)16-6-8)17-9-3-4-20(18,19)7-9/h1-6,9,17H,7,15H2. The summed E-state index contributed by atoms with van der Waals surface area (Å²) in [5.41, 5.74) is 8.08. The lowest BCUT2D eigenvalue weighted by Gasteiger charge is -2.14. The molecule has 20 heavy (non-hydrogen) atoms. The summed E-state index contributed by atoms with van der Waals surface area (Å²) in [4.78, 5) is 4.36. The van der Waals surface area contributed by atoms with Gasteiger partial charge in [0, 0.05) is 27.2 Å². The van der Waals surface area contributed by atoms with Crippen LogP contribution in [-0.2, 0) is 9.84 Å². The number of nitrogen functional groups attached to an aromatic ring is 1. The third-order valence-electron chi connectivity index (χ3n) is 3.12. The Morgan fingerprint density at radius 1 is 1.40 bits per heavy atom. The van der Waals surface area contributed by atoms with Gasteiger partial charge in [-0.2, -0.15) is 0 Å². The molecule has 3 N–H and O–H groups in total. The number of halogens is 1. The predicted molar refractivity (Wildman–Crippen MR) is 84.2 cm³/mol. The summed E-state index contributed by atoms with van der Waals surface area (Å²) in [7, 11) is -3.08. The fourth-order valence-electron chi connectivity index (χ4n) is 2.20. The molecule has 1 aliphatic rings. The molecule has 2 aromatic rings. The van der Waals surface area contributed by atoms with Crippen molar-refractivity contribution in [3.8, 4) is 0 Å². The molecule has 0 aliphatic carbocycles. The van der Waals surface area contributed by atoms with Crippen LogP contribution in [0.4, 0.5) is 11.4 Å². The summed E-state index contributed by atoms with van der Waals surface area (Å²) in [6.45, 7) is 0. The second-order valence-electron chi connectivity index (χ2n) is 4.66. The first-order valence-electron chi connectivity index (χ1n) is 5.96. The van der Waals surface area contributed by atoms with E-state index in [9.17, 15) is 8.42 Å². The maximum absolute atomic E-state index is 11.4. The molecule has 0 saturated heterocycles. The van der Waals surface area contributed by atoms with Crippen LogP contribution in [0.15, 0.2) is 40.4 Å². The fourth-order valence-corrected chi connectivity index (χ4v) is 3.76. The summed E-state index contributed by atoms with van der Waals surface area (Å²) in [5, 5.41) is 5.26. The lowest BCUT2D eigenvalue weighted by Crippen LogP contribution is -2.21. The first-order chi connectivity index (χ1) is 9.44. The van der Waals surface area contributed by atoms with Crippen LogP contribution in [0.5, 0.6) is 0 Å². The molecule has 0 fully saturated rings. The Bertz CT molecular complexity index is 818. The largest absolute Gasteiger partial charge is 0.398 e. The van der Waals surface area contributed by atoms with E-state index in [0.29, 0.717) is 5.69 Å². The van der Waals surface area contributed by atoms with Gasteiger partial charge in [-0.15, -0.1) is 0 Å². The van der Waals surface area contributed by atoms with Gasteiger partial charge in [0.1, 0.15) is 0 Å². The summed E-state index contributed by atoms with van der Waals surface area (Å²) in [6.07, 6.45) is 3.34. The van der Waals surface area contributed by atoms with Crippen LogP contribution in [0.25, 0.3) is 10.9 Å². The minimum absolute atomic E-state index is 0.0649. The number of fused-ring (bicyclic) bond motifs is 1. The predicted octanol–water partition coefficient (Wildman–Crippen LogP) is 2.30. The van der Waals surface area contributed by atoms with Crippen LogP contribution in [0, 0.1) is 0 Å². The maximum atomic E-state index is 11.4. The second kappa shape index (κ2) is 4.75. The molecule has 1 aromatic heterocycles. The van der Waals surface area contributed by atoms with Gasteiger partial charge in [0.15, 0.2) is 9.84 Å². The third kappa shape index (κ3) is 2.51. The van der Waals surface area contributed by atoms with Crippen molar-refractivity contribution in [2.45, 2.75) is 6.04 Å². The minimum Gasteiger partial charge on any atom is -0.398 e. The van der Waals surface area contributed by atoms with Crippen LogP contribution in [-0.4, -0.2) is 25.2 Å². The minimum atomic E-state index is -3.08. The highest BCUT2D eigenvalue weighted by atomic mass is 79.9. The Morgan fingerprint density at radius 3 is 2.90 bits per heavy atom. The zero-order valence-electron chi connectivity index (χ0n) is 10.4. The number of hydrogen-bond donors (Lipinski definition) is 2. The van der Waals surface area contributed by atoms with Gasteiger partial charge in [-0.1, -0.05) is 6.08 Å². The van der Waals surface area contributed by atoms with Gasteiger partial charge in [-0.3, -0.25) is 4.98 Å². The zero-order chi connectivity index (χ0) is 14.3. The lowest BCUT2D eigenvalue weighted by molar-refractivity contribution is 0.605. The lowest BCUT2D eigenvalue weighted by atomic mass is 10.1. The fraction of sp³-hybridized carbons (Fsp3) is 0.154. The van der Waals surface area contributed by atoms with Crippen LogP contribution in [0.3, 0.4) is 0 Å². The van der Waals surface area contributed by atoms with E-state index in [1.165, 1.54) is 5.41 Å². The number of benzene rings is 1. The molecule has 1 aliphatic heterocycles. The molecule has 0 radical (unpaired) electrons. The van der Waals surface area contributed by atoms with Gasteiger partial charge < -0.3 is 11.1 Å². The monoisotopic (exact) mass is 353 g/mol. The van der Waals surface area contributed by atoms with Crippen LogP contribution in [0.1, 0.15) is 0 Å². The van der Waals surface area contributed by atoms with E-state index in [4.69, 9.17) is 5.73 Å². The molecule has 0 bridgehead atoms. The Labute approximate surface area is 124 Å². The first kappa shape index (κ1) is 13.4. The highest BCUT2D eigenvalue weighted by Gasteiger charge is 2.22. The molecule has 0 amide bonds. The quantitative estimate of drug-likeness (QED) is 0.809. The summed E-state index contributed by atoms with van der Waals surface area (Å²) >= 11 is 3.37. The SMILES string of the molecule is Nc1ccc(NC2C=CS(=O)(=O)C2)c2ncc(Br)cc12. The normalized spacial score (nSPS) is 20.4. The van der Waals surface area contributed by atoms with Gasteiger partial charge in [-0.25, -0.2) is 8.42 Å². The van der Waals surface area contributed by atoms with Gasteiger partial charge in [0.05, 0.1) is 23.0 Å². The van der Waals surface area contributed by atoms with Crippen molar-refractivity contribution in [3.63, 3.8) is 0 Å². The van der Waals surface area contributed by atoms with E-state index in [-0.39, 0.29) is 11.8 Å². The number of nitrogens with one attached hydrogen (secondary N) is 1. The van der Waals surface area contributed by atoms with Crippen molar-refractivity contribution in [1.82, 2.24) is 4.98 Å². The van der Waals surface area contributed by atoms with Crippen molar-refractivity contribution in [2.75, 3.05) is 16.8 Å². The molecule has 7 heteroatoms. The van der Waals surface area contributed by atoms with Crippen molar-refractivity contribution >= 4 is 48.0 Å². The number of nitrogens with two attached hydrogens (primary N) is 1. The summed E-state index contributed by atoms with van der Waals surface area (Å²) in [5.74, 6) is 0.0649. The summed E-state index contributed by atoms with van der Waals surface area (Å²) in [6, 6.07) is 5.25. The highest BCUT2D eigenvalue weighted by molar-refractivity contribution is 9.10. The van der Waals surface area contributed by atoms with Gasteiger partial charge in [0.25, 0.3) is 0 Å². The molecule has 3 rings (SSSR count). The average Bonchev–Trinajstić information content (AvgIpc) is 2.72. The summed E-state index contributed by atoms with van der Waals surface area (Å²) < 4.78 is 23.7. The van der Waals surface area contributed by atoms with Crippen LogP contribution < -0.4 is 11.1 Å². The van der Waals surface area contributed by atoms with Crippen molar-refractivity contribution in [3.05, 3.63) is 40.4 Å². The van der Waals surface area contributed by atoms with Crippen LogP contribution >= 0.6 is 15.9 Å². The van der Waals surface area contributed by atoms with Crippen LogP contribution in [0.2, 0.25) is 0 Å². The molecule has 2 heterocycles.